The fourth-order valence-electron chi connectivity index (χ4n) is 3.08. The van der Waals surface area contributed by atoms with Gasteiger partial charge in [-0.25, -0.2) is 4.98 Å². The molecule has 0 aliphatic rings. The van der Waals surface area contributed by atoms with Crippen LogP contribution in [0.2, 0.25) is 0 Å². The number of halogens is 1. The highest BCUT2D eigenvalue weighted by Gasteiger charge is 2.06. The van der Waals surface area contributed by atoms with Crippen molar-refractivity contribution in [2.24, 2.45) is 4.99 Å². The summed E-state index contributed by atoms with van der Waals surface area (Å²) in [6.45, 7) is 9.76. The van der Waals surface area contributed by atoms with Gasteiger partial charge < -0.3 is 20.3 Å². The maximum absolute atomic E-state index is 5.45. The van der Waals surface area contributed by atoms with Crippen molar-refractivity contribution in [3.63, 3.8) is 0 Å². The molecule has 0 bridgehead atoms. The number of aryl methyl sites for hydroxylation is 1. The van der Waals surface area contributed by atoms with Gasteiger partial charge in [-0.05, 0) is 50.5 Å². The summed E-state index contributed by atoms with van der Waals surface area (Å²) in [5, 5.41) is 6.70. The quantitative estimate of drug-likeness (QED) is 0.305. The minimum Gasteiger partial charge on any atom is -0.496 e. The van der Waals surface area contributed by atoms with E-state index in [0.717, 1.165) is 49.1 Å². The summed E-state index contributed by atoms with van der Waals surface area (Å²) in [7, 11) is 3.49. The number of hydrogen-bond acceptors (Lipinski definition) is 4. The first-order valence-electron chi connectivity index (χ1n) is 9.89. The van der Waals surface area contributed by atoms with Crippen molar-refractivity contribution in [2.75, 3.05) is 38.7 Å². The number of hydrogen-bond donors (Lipinski definition) is 2. The molecule has 6 nitrogen and oxygen atoms in total. The number of guanidine groups is 1. The van der Waals surface area contributed by atoms with Gasteiger partial charge >= 0.3 is 0 Å². The van der Waals surface area contributed by atoms with E-state index in [9.17, 15) is 0 Å². The van der Waals surface area contributed by atoms with Crippen molar-refractivity contribution in [1.82, 2.24) is 15.6 Å². The monoisotopic (exact) mass is 511 g/mol. The smallest absolute Gasteiger partial charge is 0.191 e. The highest BCUT2D eigenvalue weighted by Crippen LogP contribution is 2.19. The molecule has 0 radical (unpaired) electrons. The average molecular weight is 511 g/mol. The molecule has 160 valence electrons. The molecule has 7 heteroatoms. The molecule has 1 aromatic carbocycles. The van der Waals surface area contributed by atoms with Crippen LogP contribution in [0, 0.1) is 6.92 Å². The van der Waals surface area contributed by atoms with E-state index in [1.165, 1.54) is 11.1 Å². The summed E-state index contributed by atoms with van der Waals surface area (Å²) >= 11 is 0. The molecule has 0 atom stereocenters. The van der Waals surface area contributed by atoms with Crippen molar-refractivity contribution >= 4 is 35.8 Å². The van der Waals surface area contributed by atoms with Crippen LogP contribution in [0.4, 0.5) is 5.82 Å². The Hall–Kier alpha value is -2.03. The molecule has 0 aliphatic heterocycles. The molecular formula is C22H34IN5O. The van der Waals surface area contributed by atoms with Gasteiger partial charge in [-0.3, -0.25) is 4.99 Å². The maximum Gasteiger partial charge on any atom is 0.191 e. The zero-order chi connectivity index (χ0) is 20.4. The molecule has 0 spiro atoms. The number of benzene rings is 1. The van der Waals surface area contributed by atoms with E-state index >= 15 is 0 Å². The predicted molar refractivity (Wildman–Crippen MR) is 133 cm³/mol. The van der Waals surface area contributed by atoms with Crippen LogP contribution in [0.5, 0.6) is 5.75 Å². The Balaban J connectivity index is 0.00000420. The largest absolute Gasteiger partial charge is 0.496 e. The molecule has 29 heavy (non-hydrogen) atoms. The van der Waals surface area contributed by atoms with Gasteiger partial charge in [0.25, 0.3) is 0 Å². The Bertz CT molecular complexity index is 760. The highest BCUT2D eigenvalue weighted by atomic mass is 127. The molecule has 0 fully saturated rings. The van der Waals surface area contributed by atoms with Gasteiger partial charge in [0.15, 0.2) is 5.96 Å². The van der Waals surface area contributed by atoms with Gasteiger partial charge in [0.1, 0.15) is 11.6 Å². The third kappa shape index (κ3) is 7.72. The molecule has 2 rings (SSSR count). The lowest BCUT2D eigenvalue weighted by Crippen LogP contribution is -2.37. The first kappa shape index (κ1) is 25.0. The predicted octanol–water partition coefficient (Wildman–Crippen LogP) is 3.77. The van der Waals surface area contributed by atoms with Gasteiger partial charge in [-0.1, -0.05) is 23.8 Å². The number of anilines is 1. The molecule has 2 aromatic rings. The minimum atomic E-state index is 0. The number of ether oxygens (including phenoxy) is 1. The third-order valence-electron chi connectivity index (χ3n) is 4.70. The van der Waals surface area contributed by atoms with E-state index in [2.05, 4.69) is 70.5 Å². The van der Waals surface area contributed by atoms with Gasteiger partial charge in [-0.15, -0.1) is 24.0 Å². The lowest BCUT2D eigenvalue weighted by atomic mass is 10.1. The number of aliphatic imine (C=N–C) groups is 1. The zero-order valence-corrected chi connectivity index (χ0v) is 20.5. The van der Waals surface area contributed by atoms with Crippen molar-refractivity contribution < 1.29 is 4.74 Å². The maximum atomic E-state index is 5.45. The Kier molecular flexibility index (Phi) is 11.4. The van der Waals surface area contributed by atoms with Crippen LogP contribution >= 0.6 is 24.0 Å². The highest BCUT2D eigenvalue weighted by molar-refractivity contribution is 14.0. The van der Waals surface area contributed by atoms with E-state index in [1.807, 2.05) is 12.3 Å². The van der Waals surface area contributed by atoms with E-state index in [1.54, 1.807) is 14.2 Å². The summed E-state index contributed by atoms with van der Waals surface area (Å²) in [6.07, 6.45) is 2.79. The number of methoxy groups -OCH3 is 1. The van der Waals surface area contributed by atoms with Crippen molar-refractivity contribution in [3.8, 4) is 5.75 Å². The van der Waals surface area contributed by atoms with E-state index in [0.29, 0.717) is 6.54 Å². The van der Waals surface area contributed by atoms with Gasteiger partial charge in [0, 0.05) is 39.4 Å². The van der Waals surface area contributed by atoms with Gasteiger partial charge in [0.2, 0.25) is 0 Å². The van der Waals surface area contributed by atoms with E-state index < -0.39 is 0 Å². The lowest BCUT2D eigenvalue weighted by Gasteiger charge is -2.19. The normalized spacial score (nSPS) is 10.9. The molecule has 1 aromatic heterocycles. The van der Waals surface area contributed by atoms with Crippen LogP contribution in [0.15, 0.2) is 41.5 Å². The fourth-order valence-corrected chi connectivity index (χ4v) is 3.08. The van der Waals surface area contributed by atoms with Crippen molar-refractivity contribution in [3.05, 3.63) is 53.2 Å². The fraction of sp³-hybridized carbons (Fsp3) is 0.455. The number of pyridine rings is 1. The van der Waals surface area contributed by atoms with Crippen LogP contribution in [0.1, 0.15) is 30.5 Å². The van der Waals surface area contributed by atoms with Crippen LogP contribution in [-0.2, 0) is 13.0 Å². The molecule has 0 saturated carbocycles. The van der Waals surface area contributed by atoms with Crippen LogP contribution in [0.25, 0.3) is 0 Å². The zero-order valence-electron chi connectivity index (χ0n) is 18.2. The minimum absolute atomic E-state index is 0. The first-order valence-corrected chi connectivity index (χ1v) is 9.89. The Morgan fingerprint density at radius 1 is 1.14 bits per heavy atom. The summed E-state index contributed by atoms with van der Waals surface area (Å²) in [5.74, 6) is 2.72. The molecule has 0 unspecified atom stereocenters. The second-order valence-electron chi connectivity index (χ2n) is 6.61. The number of nitrogens with one attached hydrogen (secondary N) is 2. The van der Waals surface area contributed by atoms with Crippen molar-refractivity contribution in [1.29, 1.82) is 0 Å². The molecule has 0 amide bonds. The lowest BCUT2D eigenvalue weighted by molar-refractivity contribution is 0.409. The number of aromatic nitrogens is 1. The topological polar surface area (TPSA) is 61.8 Å². The Labute approximate surface area is 192 Å². The molecule has 2 N–H and O–H groups in total. The SMILES string of the molecule is CCN(CC)c1ccc(CNC(=NC)NCCc2cc(C)ccc2OC)cn1.I. The van der Waals surface area contributed by atoms with Crippen LogP contribution in [0.3, 0.4) is 0 Å². The summed E-state index contributed by atoms with van der Waals surface area (Å²) in [5.41, 5.74) is 3.56. The summed E-state index contributed by atoms with van der Waals surface area (Å²) in [4.78, 5) is 11.1. The second-order valence-corrected chi connectivity index (χ2v) is 6.61. The standard InChI is InChI=1S/C22H33N5O.HI/c1-6-27(7-2)21-11-9-18(15-25-21)16-26-22(23-4)24-13-12-19-14-17(3)8-10-20(19)28-5;/h8-11,14-15H,6-7,12-13,16H2,1-5H3,(H2,23,24,26);1H. The molecular weight excluding hydrogens is 477 g/mol. The van der Waals surface area contributed by atoms with Crippen LogP contribution in [-0.4, -0.2) is 44.7 Å². The van der Waals surface area contributed by atoms with Gasteiger partial charge in [-0.2, -0.15) is 0 Å². The van der Waals surface area contributed by atoms with E-state index in [-0.39, 0.29) is 24.0 Å². The molecule has 0 aliphatic carbocycles. The Morgan fingerprint density at radius 2 is 1.90 bits per heavy atom. The Morgan fingerprint density at radius 3 is 2.48 bits per heavy atom. The first-order chi connectivity index (χ1) is 13.6. The van der Waals surface area contributed by atoms with E-state index in [4.69, 9.17) is 4.74 Å². The number of nitrogens with zero attached hydrogens (tertiary/aromatic N) is 3. The molecule has 0 saturated heterocycles. The molecule has 1 heterocycles. The van der Waals surface area contributed by atoms with Crippen LogP contribution < -0.4 is 20.3 Å². The second kappa shape index (κ2) is 13.2. The van der Waals surface area contributed by atoms with Gasteiger partial charge in [0.05, 0.1) is 7.11 Å². The van der Waals surface area contributed by atoms with Crippen molar-refractivity contribution in [2.45, 2.75) is 33.7 Å². The number of rotatable bonds is 9. The third-order valence-corrected chi connectivity index (χ3v) is 4.70. The average Bonchev–Trinajstić information content (AvgIpc) is 2.72. The summed E-state index contributed by atoms with van der Waals surface area (Å²) < 4.78 is 5.45. The summed E-state index contributed by atoms with van der Waals surface area (Å²) in [6, 6.07) is 10.4.